The number of esters is 1. The molecule has 4 nitrogen and oxygen atoms in total. The van der Waals surface area contributed by atoms with Crippen molar-refractivity contribution in [2.75, 3.05) is 26.9 Å². The number of unbranched alkanes of at least 4 members (excludes halogenated alkanes) is 2. The molecular weight excluding hydrogens is 484 g/mol. The molecule has 1 aliphatic carbocycles. The lowest BCUT2D eigenvalue weighted by Crippen LogP contribution is -2.18. The summed E-state index contributed by atoms with van der Waals surface area (Å²) in [6.45, 7) is 8.36. The maximum atomic E-state index is 11.9. The normalized spacial score (nSPS) is 18.1. The molecule has 0 radical (unpaired) electrons. The smallest absolute Gasteiger partial charge is 0.335 e. The second-order valence-corrected chi connectivity index (χ2v) is 11.4. The lowest BCUT2D eigenvalue weighted by Gasteiger charge is -2.30. The van der Waals surface area contributed by atoms with E-state index >= 15 is 0 Å². The van der Waals surface area contributed by atoms with Crippen LogP contribution in [0.25, 0.3) is 0 Å². The third-order valence-electron chi connectivity index (χ3n) is 8.51. The lowest BCUT2D eigenvalue weighted by atomic mass is 9.75. The predicted molar refractivity (Wildman–Crippen MR) is 160 cm³/mol. The van der Waals surface area contributed by atoms with Crippen LogP contribution in [0.5, 0.6) is 0 Å². The minimum Gasteiger partial charge on any atom is -0.462 e. The fraction of sp³-hybridized carbons (Fsp3) is 0.571. The molecule has 3 rings (SSSR count). The summed E-state index contributed by atoms with van der Waals surface area (Å²) >= 11 is 0. The fourth-order valence-electron chi connectivity index (χ4n) is 5.99. The van der Waals surface area contributed by atoms with Gasteiger partial charge in [-0.2, -0.15) is 0 Å². The third kappa shape index (κ3) is 9.61. The molecule has 214 valence electrons. The molecule has 1 unspecified atom stereocenters. The Morgan fingerprint density at radius 2 is 1.67 bits per heavy atom. The van der Waals surface area contributed by atoms with Gasteiger partial charge in [0.15, 0.2) is 0 Å². The number of carbonyl (C=O) groups is 1. The monoisotopic (exact) mass is 534 g/mol. The maximum absolute atomic E-state index is 11.9. The first kappa shape index (κ1) is 31.1. The van der Waals surface area contributed by atoms with Crippen LogP contribution < -0.4 is 0 Å². The van der Waals surface area contributed by atoms with Crippen molar-refractivity contribution in [1.29, 1.82) is 0 Å². The van der Waals surface area contributed by atoms with Crippen LogP contribution in [0.1, 0.15) is 105 Å². The Bertz CT molecular complexity index is 1020. The van der Waals surface area contributed by atoms with E-state index < -0.39 is 12.6 Å². The van der Waals surface area contributed by atoms with E-state index in [0.29, 0.717) is 6.61 Å². The van der Waals surface area contributed by atoms with Crippen molar-refractivity contribution < 1.29 is 19.4 Å². The van der Waals surface area contributed by atoms with Gasteiger partial charge in [0.25, 0.3) is 0 Å². The second kappa shape index (κ2) is 16.6. The van der Waals surface area contributed by atoms with Crippen LogP contribution in [0.4, 0.5) is 0 Å². The number of carbonyl (C=O) groups excluding carboxylic acids is 1. The van der Waals surface area contributed by atoms with Crippen LogP contribution >= 0.6 is 0 Å². The number of rotatable bonds is 16. The highest BCUT2D eigenvalue weighted by Crippen LogP contribution is 2.39. The quantitative estimate of drug-likeness (QED) is 0.136. The molecule has 1 saturated carbocycles. The Balaban J connectivity index is 1.54. The van der Waals surface area contributed by atoms with Crippen molar-refractivity contribution in [2.24, 2.45) is 5.92 Å². The van der Waals surface area contributed by atoms with Crippen LogP contribution in [-0.2, 0) is 33.5 Å². The number of ether oxygens (including phenoxy) is 2. The molecule has 0 aromatic heterocycles. The Hall–Kier alpha value is -2.43. The number of aliphatic hydroxyl groups excluding tert-OH is 1. The van der Waals surface area contributed by atoms with E-state index in [1.165, 1.54) is 68.1 Å². The van der Waals surface area contributed by atoms with Gasteiger partial charge in [0.1, 0.15) is 6.61 Å². The summed E-state index contributed by atoms with van der Waals surface area (Å²) < 4.78 is 10.7. The zero-order valence-electron chi connectivity index (χ0n) is 24.6. The standard InChI is InChI=1S/C35H50O4/c1-5-7-8-9-27-14-19-32(20-15-27)34-21-16-29(22-30(34)6-2)11-10-28-12-17-31(18-13-28)33(24-38-4)25-39-35(37)26(3)23-36/h12-13,16-18,21-22,27,32-33,36H,3,5-11,14-15,19-20,23-25H2,1-2,4H3. The zero-order chi connectivity index (χ0) is 28.0. The van der Waals surface area contributed by atoms with Gasteiger partial charge in [-0.25, -0.2) is 4.79 Å². The third-order valence-corrected chi connectivity index (χ3v) is 8.51. The van der Waals surface area contributed by atoms with Gasteiger partial charge in [-0.1, -0.05) is 88.6 Å². The molecule has 0 saturated heterocycles. The van der Waals surface area contributed by atoms with Crippen molar-refractivity contribution in [2.45, 2.75) is 96.3 Å². The summed E-state index contributed by atoms with van der Waals surface area (Å²) in [5.74, 6) is 1.06. The summed E-state index contributed by atoms with van der Waals surface area (Å²) in [7, 11) is 1.64. The van der Waals surface area contributed by atoms with Gasteiger partial charge in [-0.05, 0) is 84.6 Å². The first-order valence-electron chi connectivity index (χ1n) is 15.1. The molecule has 39 heavy (non-hydrogen) atoms. The van der Waals surface area contributed by atoms with Crippen molar-refractivity contribution in [3.63, 3.8) is 0 Å². The molecule has 4 heteroatoms. The number of aryl methyl sites for hydroxylation is 3. The van der Waals surface area contributed by atoms with Crippen molar-refractivity contribution in [3.8, 4) is 0 Å². The summed E-state index contributed by atoms with van der Waals surface area (Å²) in [6.07, 6.45) is 14.2. The van der Waals surface area contributed by atoms with Crippen molar-refractivity contribution in [3.05, 3.63) is 82.4 Å². The average Bonchev–Trinajstić information content (AvgIpc) is 2.98. The molecule has 2 aromatic rings. The number of methoxy groups -OCH3 is 1. The van der Waals surface area contributed by atoms with E-state index in [1.54, 1.807) is 12.7 Å². The van der Waals surface area contributed by atoms with Crippen LogP contribution in [0.3, 0.4) is 0 Å². The summed E-state index contributed by atoms with van der Waals surface area (Å²) in [6, 6.07) is 15.8. The fourth-order valence-corrected chi connectivity index (χ4v) is 5.99. The van der Waals surface area contributed by atoms with Crippen molar-refractivity contribution >= 4 is 5.97 Å². The van der Waals surface area contributed by atoms with Gasteiger partial charge in [0.2, 0.25) is 0 Å². The molecule has 0 heterocycles. The molecule has 2 aromatic carbocycles. The average molecular weight is 535 g/mol. The van der Waals surface area contributed by atoms with Gasteiger partial charge in [-0.3, -0.25) is 0 Å². The largest absolute Gasteiger partial charge is 0.462 e. The minimum absolute atomic E-state index is 0.0611. The lowest BCUT2D eigenvalue weighted by molar-refractivity contribution is -0.140. The molecule has 0 spiro atoms. The maximum Gasteiger partial charge on any atom is 0.335 e. The highest BCUT2D eigenvalue weighted by molar-refractivity contribution is 5.87. The van der Waals surface area contributed by atoms with E-state index in [0.717, 1.165) is 36.7 Å². The summed E-state index contributed by atoms with van der Waals surface area (Å²) in [5.41, 5.74) is 6.99. The van der Waals surface area contributed by atoms with E-state index in [9.17, 15) is 4.79 Å². The van der Waals surface area contributed by atoms with E-state index in [2.05, 4.69) is 62.9 Å². The van der Waals surface area contributed by atoms with Gasteiger partial charge >= 0.3 is 5.97 Å². The Morgan fingerprint density at radius 1 is 0.974 bits per heavy atom. The van der Waals surface area contributed by atoms with E-state index in [4.69, 9.17) is 14.6 Å². The Kier molecular flexibility index (Phi) is 13.3. The highest BCUT2D eigenvalue weighted by Gasteiger charge is 2.23. The molecular formula is C35H50O4. The highest BCUT2D eigenvalue weighted by atomic mass is 16.5. The second-order valence-electron chi connectivity index (χ2n) is 11.4. The number of benzene rings is 2. The van der Waals surface area contributed by atoms with Crippen LogP contribution in [0.2, 0.25) is 0 Å². The van der Waals surface area contributed by atoms with Gasteiger partial charge in [0, 0.05) is 13.0 Å². The summed E-state index contributed by atoms with van der Waals surface area (Å²) in [4.78, 5) is 11.9. The zero-order valence-corrected chi connectivity index (χ0v) is 24.6. The Labute approximate surface area is 236 Å². The van der Waals surface area contributed by atoms with Gasteiger partial charge in [0.05, 0.1) is 18.8 Å². The van der Waals surface area contributed by atoms with Gasteiger partial charge in [-0.15, -0.1) is 0 Å². The topological polar surface area (TPSA) is 55.8 Å². The number of hydrogen-bond acceptors (Lipinski definition) is 4. The van der Waals surface area contributed by atoms with Crippen molar-refractivity contribution in [1.82, 2.24) is 0 Å². The molecule has 1 atom stereocenters. The predicted octanol–water partition coefficient (Wildman–Crippen LogP) is 7.71. The van der Waals surface area contributed by atoms with Gasteiger partial charge < -0.3 is 14.6 Å². The molecule has 0 amide bonds. The first-order valence-corrected chi connectivity index (χ1v) is 15.1. The Morgan fingerprint density at radius 3 is 2.31 bits per heavy atom. The van der Waals surface area contributed by atoms with E-state index in [-0.39, 0.29) is 18.1 Å². The van der Waals surface area contributed by atoms with Crippen LogP contribution in [0, 0.1) is 5.92 Å². The SMILES string of the molecule is C=C(CO)C(=O)OCC(COC)c1ccc(CCc2ccc(C3CCC(CCCCC)CC3)c(CC)c2)cc1. The number of aliphatic hydroxyl groups is 1. The molecule has 0 aliphatic heterocycles. The number of hydrogen-bond donors (Lipinski definition) is 1. The minimum atomic E-state index is -0.567. The molecule has 1 aliphatic rings. The van der Waals surface area contributed by atoms with Crippen LogP contribution in [0.15, 0.2) is 54.6 Å². The molecule has 1 fully saturated rings. The summed E-state index contributed by atoms with van der Waals surface area (Å²) in [5, 5.41) is 9.07. The van der Waals surface area contributed by atoms with E-state index in [1.807, 2.05) is 0 Å². The molecule has 1 N–H and O–H groups in total. The molecule has 0 bridgehead atoms. The first-order chi connectivity index (χ1) is 19.0. The van der Waals surface area contributed by atoms with Crippen LogP contribution in [-0.4, -0.2) is 38.0 Å².